The Labute approximate surface area is 181 Å². The highest BCUT2D eigenvalue weighted by molar-refractivity contribution is 5.99. The molecule has 0 aliphatic carbocycles. The summed E-state index contributed by atoms with van der Waals surface area (Å²) in [4.78, 5) is 19.8. The number of ether oxygens (including phenoxy) is 3. The number of benzene rings is 2. The minimum absolute atomic E-state index is 0.145. The molecule has 8 nitrogen and oxygen atoms in total. The van der Waals surface area contributed by atoms with Crippen molar-refractivity contribution in [1.29, 1.82) is 0 Å². The minimum atomic E-state index is -0.219. The summed E-state index contributed by atoms with van der Waals surface area (Å²) < 4.78 is 16.1. The average Bonchev–Trinajstić information content (AvgIpc) is 3.27. The number of nitrogens with one attached hydrogen (secondary N) is 1. The zero-order valence-corrected chi connectivity index (χ0v) is 17.6. The maximum absolute atomic E-state index is 12.2. The van der Waals surface area contributed by atoms with Crippen molar-refractivity contribution in [3.63, 3.8) is 0 Å². The van der Waals surface area contributed by atoms with Gasteiger partial charge in [0.25, 0.3) is 5.91 Å². The highest BCUT2D eigenvalue weighted by Crippen LogP contribution is 2.32. The van der Waals surface area contributed by atoms with Crippen LogP contribution in [0.4, 0.5) is 0 Å². The molecule has 2 aliphatic heterocycles. The summed E-state index contributed by atoms with van der Waals surface area (Å²) in [6, 6.07) is 13.7. The number of oxime groups is 1. The maximum atomic E-state index is 12.2. The number of carbonyl (C=O) groups is 1. The second-order valence-corrected chi connectivity index (χ2v) is 7.45. The Kier molecular flexibility index (Phi) is 7.01. The molecule has 0 bridgehead atoms. The van der Waals surface area contributed by atoms with Crippen LogP contribution in [0.15, 0.2) is 47.6 Å². The molecule has 31 heavy (non-hydrogen) atoms. The number of amides is 1. The van der Waals surface area contributed by atoms with E-state index in [0.717, 1.165) is 44.0 Å². The van der Waals surface area contributed by atoms with Gasteiger partial charge in [0.2, 0.25) is 6.79 Å². The first kappa shape index (κ1) is 21.1. The van der Waals surface area contributed by atoms with Gasteiger partial charge in [-0.15, -0.1) is 0 Å². The summed E-state index contributed by atoms with van der Waals surface area (Å²) in [6.45, 7) is 6.58. The fourth-order valence-corrected chi connectivity index (χ4v) is 3.49. The molecule has 1 N–H and O–H groups in total. The smallest absolute Gasteiger partial charge is 0.261 e. The molecule has 1 saturated heterocycles. The van der Waals surface area contributed by atoms with Crippen LogP contribution in [0.3, 0.4) is 0 Å². The standard InChI is InChI=1S/C23H27N3O5/c1-17(18-6-7-21-22(12-18)30-16-29-21)25-31-15-23(27)24-13-19-4-2-3-5-20(19)14-26-8-10-28-11-9-26/h2-7,12H,8-11,13-16H2,1H3,(H,24,27)/b25-17-. The predicted molar refractivity (Wildman–Crippen MR) is 115 cm³/mol. The molecule has 1 fully saturated rings. The Hall–Kier alpha value is -3.10. The van der Waals surface area contributed by atoms with Crippen LogP contribution in [-0.2, 0) is 27.5 Å². The Morgan fingerprint density at radius 2 is 1.87 bits per heavy atom. The van der Waals surface area contributed by atoms with Crippen molar-refractivity contribution >= 4 is 11.6 Å². The Bertz CT molecular complexity index is 941. The lowest BCUT2D eigenvalue weighted by atomic mass is 10.1. The van der Waals surface area contributed by atoms with Crippen LogP contribution >= 0.6 is 0 Å². The molecule has 2 aromatic rings. The lowest BCUT2D eigenvalue weighted by Crippen LogP contribution is -2.36. The summed E-state index contributed by atoms with van der Waals surface area (Å²) in [7, 11) is 0. The van der Waals surface area contributed by atoms with E-state index in [1.807, 2.05) is 43.3 Å². The summed E-state index contributed by atoms with van der Waals surface area (Å²) in [5, 5.41) is 6.96. The zero-order valence-electron chi connectivity index (χ0n) is 17.6. The molecule has 0 atom stereocenters. The Morgan fingerprint density at radius 1 is 1.10 bits per heavy atom. The van der Waals surface area contributed by atoms with Crippen molar-refractivity contribution < 1.29 is 23.8 Å². The van der Waals surface area contributed by atoms with Gasteiger partial charge in [-0.2, -0.15) is 0 Å². The van der Waals surface area contributed by atoms with Gasteiger partial charge >= 0.3 is 0 Å². The van der Waals surface area contributed by atoms with Gasteiger partial charge < -0.3 is 24.4 Å². The molecular formula is C23H27N3O5. The zero-order chi connectivity index (χ0) is 21.5. The van der Waals surface area contributed by atoms with E-state index >= 15 is 0 Å². The van der Waals surface area contributed by atoms with E-state index < -0.39 is 0 Å². The third kappa shape index (κ3) is 5.74. The van der Waals surface area contributed by atoms with Crippen molar-refractivity contribution in [1.82, 2.24) is 10.2 Å². The molecule has 1 amide bonds. The Morgan fingerprint density at radius 3 is 2.71 bits per heavy atom. The van der Waals surface area contributed by atoms with Gasteiger partial charge in [0.05, 0.1) is 18.9 Å². The van der Waals surface area contributed by atoms with Crippen molar-refractivity contribution in [3.8, 4) is 11.5 Å². The summed E-state index contributed by atoms with van der Waals surface area (Å²) in [5.41, 5.74) is 3.81. The van der Waals surface area contributed by atoms with E-state index in [1.165, 1.54) is 5.56 Å². The molecule has 0 saturated carbocycles. The molecule has 2 aromatic carbocycles. The fourth-order valence-electron chi connectivity index (χ4n) is 3.49. The number of nitrogens with zero attached hydrogens (tertiary/aromatic N) is 2. The lowest BCUT2D eigenvalue weighted by molar-refractivity contribution is -0.125. The molecular weight excluding hydrogens is 398 g/mol. The minimum Gasteiger partial charge on any atom is -0.454 e. The SMILES string of the molecule is C/C(=N/OCC(=O)NCc1ccccc1CN1CCOCC1)c1ccc2c(c1)OCO2. The van der Waals surface area contributed by atoms with Crippen LogP contribution in [0, 0.1) is 0 Å². The maximum Gasteiger partial charge on any atom is 0.261 e. The van der Waals surface area contributed by atoms with Crippen LogP contribution in [0.25, 0.3) is 0 Å². The molecule has 0 spiro atoms. The van der Waals surface area contributed by atoms with Crippen molar-refractivity contribution in [2.24, 2.45) is 5.16 Å². The monoisotopic (exact) mass is 425 g/mol. The van der Waals surface area contributed by atoms with E-state index in [1.54, 1.807) is 0 Å². The van der Waals surface area contributed by atoms with Crippen LogP contribution in [0.2, 0.25) is 0 Å². The van der Waals surface area contributed by atoms with E-state index in [-0.39, 0.29) is 19.3 Å². The van der Waals surface area contributed by atoms with E-state index in [0.29, 0.717) is 23.8 Å². The van der Waals surface area contributed by atoms with Gasteiger partial charge in [-0.1, -0.05) is 29.4 Å². The van der Waals surface area contributed by atoms with Crippen LogP contribution in [0.1, 0.15) is 23.6 Å². The number of carbonyl (C=O) groups excluding carboxylic acids is 1. The third-order valence-electron chi connectivity index (χ3n) is 5.28. The van der Waals surface area contributed by atoms with Crippen molar-refractivity contribution in [3.05, 3.63) is 59.2 Å². The number of morpholine rings is 1. The fraction of sp³-hybridized carbons (Fsp3) is 0.391. The number of rotatable bonds is 8. The Balaban J connectivity index is 1.25. The topological polar surface area (TPSA) is 81.6 Å². The van der Waals surface area contributed by atoms with Crippen LogP contribution in [0.5, 0.6) is 11.5 Å². The first-order chi connectivity index (χ1) is 15.2. The number of fused-ring (bicyclic) bond motifs is 1. The highest BCUT2D eigenvalue weighted by Gasteiger charge is 2.15. The van der Waals surface area contributed by atoms with E-state index in [9.17, 15) is 4.79 Å². The van der Waals surface area contributed by atoms with E-state index in [2.05, 4.69) is 21.4 Å². The molecule has 4 rings (SSSR count). The van der Waals surface area contributed by atoms with Gasteiger partial charge in [-0.3, -0.25) is 9.69 Å². The summed E-state index contributed by atoms with van der Waals surface area (Å²) >= 11 is 0. The van der Waals surface area contributed by atoms with Crippen molar-refractivity contribution in [2.45, 2.75) is 20.0 Å². The summed E-state index contributed by atoms with van der Waals surface area (Å²) in [6.07, 6.45) is 0. The molecule has 0 aromatic heterocycles. The number of hydrogen-bond donors (Lipinski definition) is 1. The molecule has 0 unspecified atom stereocenters. The van der Waals surface area contributed by atoms with Gasteiger partial charge in [0.1, 0.15) is 0 Å². The van der Waals surface area contributed by atoms with Crippen LogP contribution in [-0.4, -0.2) is 56.2 Å². The second kappa shape index (κ2) is 10.3. The van der Waals surface area contributed by atoms with Gasteiger partial charge in [0, 0.05) is 31.7 Å². The predicted octanol–water partition coefficient (Wildman–Crippen LogP) is 2.30. The number of hydrogen-bond acceptors (Lipinski definition) is 7. The van der Waals surface area contributed by atoms with Gasteiger partial charge in [-0.25, -0.2) is 0 Å². The van der Waals surface area contributed by atoms with Gasteiger partial charge in [0.15, 0.2) is 18.1 Å². The quantitative estimate of drug-likeness (QED) is 0.516. The molecule has 164 valence electrons. The molecule has 0 radical (unpaired) electrons. The van der Waals surface area contributed by atoms with Crippen LogP contribution < -0.4 is 14.8 Å². The van der Waals surface area contributed by atoms with Crippen molar-refractivity contribution in [2.75, 3.05) is 39.7 Å². The normalized spacial score (nSPS) is 16.2. The second-order valence-electron chi connectivity index (χ2n) is 7.45. The highest BCUT2D eigenvalue weighted by atomic mass is 16.7. The first-order valence-corrected chi connectivity index (χ1v) is 10.4. The summed E-state index contributed by atoms with van der Waals surface area (Å²) in [5.74, 6) is 1.18. The molecule has 2 aliphatic rings. The molecule has 8 heteroatoms. The van der Waals surface area contributed by atoms with E-state index in [4.69, 9.17) is 19.0 Å². The largest absolute Gasteiger partial charge is 0.454 e. The van der Waals surface area contributed by atoms with Gasteiger partial charge in [-0.05, 0) is 36.2 Å². The third-order valence-corrected chi connectivity index (χ3v) is 5.28. The first-order valence-electron chi connectivity index (χ1n) is 10.4. The molecule has 2 heterocycles. The lowest BCUT2D eigenvalue weighted by Gasteiger charge is -2.27. The average molecular weight is 425 g/mol.